The number of halogens is 3. The lowest BCUT2D eigenvalue weighted by Crippen LogP contribution is -2.29. The molecule has 11 heteroatoms. The van der Waals surface area contributed by atoms with E-state index in [1.807, 2.05) is 0 Å². The maximum Gasteiger partial charge on any atom is 0.433 e. The second-order valence-electron chi connectivity index (χ2n) is 8.71. The molecule has 0 atom stereocenters. The van der Waals surface area contributed by atoms with Crippen molar-refractivity contribution in [2.75, 3.05) is 18.5 Å². The van der Waals surface area contributed by atoms with E-state index < -0.39 is 17.9 Å². The van der Waals surface area contributed by atoms with Crippen molar-refractivity contribution in [2.45, 2.75) is 44.9 Å². The topological polar surface area (TPSA) is 105 Å². The summed E-state index contributed by atoms with van der Waals surface area (Å²) in [6, 6.07) is 9.49. The number of anilines is 1. The van der Waals surface area contributed by atoms with Crippen molar-refractivity contribution in [3.05, 3.63) is 64.1 Å². The van der Waals surface area contributed by atoms with E-state index in [0.29, 0.717) is 22.2 Å². The van der Waals surface area contributed by atoms with Gasteiger partial charge < -0.3 is 25.0 Å². The lowest BCUT2D eigenvalue weighted by molar-refractivity contribution is -0.141. The fourth-order valence-electron chi connectivity index (χ4n) is 4.37. The van der Waals surface area contributed by atoms with Gasteiger partial charge in [0.15, 0.2) is 0 Å². The molecule has 0 spiro atoms. The third kappa shape index (κ3) is 5.96. The largest absolute Gasteiger partial charge is 0.477 e. The van der Waals surface area contributed by atoms with Gasteiger partial charge in [-0.25, -0.2) is 9.78 Å². The molecule has 1 fully saturated rings. The summed E-state index contributed by atoms with van der Waals surface area (Å²) >= 11 is 0. The first-order valence-corrected chi connectivity index (χ1v) is 11.7. The first-order chi connectivity index (χ1) is 17.3. The normalized spacial score (nSPS) is 14.2. The molecule has 8 nitrogen and oxygen atoms in total. The number of pyridine rings is 2. The lowest BCUT2D eigenvalue weighted by atomic mass is 10.1. The Kier molecular flexibility index (Phi) is 7.78. The smallest absolute Gasteiger partial charge is 0.433 e. The van der Waals surface area contributed by atoms with Gasteiger partial charge in [-0.2, -0.15) is 13.2 Å². The minimum Gasteiger partial charge on any atom is -0.477 e. The van der Waals surface area contributed by atoms with Gasteiger partial charge in [0.05, 0.1) is 24.4 Å². The number of hydrogen-bond donors (Lipinski definition) is 3. The van der Waals surface area contributed by atoms with Crippen LogP contribution in [0.1, 0.15) is 36.9 Å². The Morgan fingerprint density at radius 1 is 1.14 bits per heavy atom. The average Bonchev–Trinajstić information content (AvgIpc) is 3.37. The second kappa shape index (κ2) is 11.0. The van der Waals surface area contributed by atoms with Gasteiger partial charge in [-0.05, 0) is 49.1 Å². The number of carbonyl (C=O) groups excluding carboxylic acids is 1. The number of aliphatic hydroxyl groups excluding tert-OH is 1. The average molecular weight is 505 g/mol. The van der Waals surface area contributed by atoms with Gasteiger partial charge in [0.1, 0.15) is 5.69 Å². The van der Waals surface area contributed by atoms with E-state index in [-0.39, 0.29) is 43.7 Å². The molecule has 1 aliphatic rings. The van der Waals surface area contributed by atoms with Crippen LogP contribution in [0.25, 0.3) is 10.9 Å². The number of carbonyl (C=O) groups is 1. The fourth-order valence-corrected chi connectivity index (χ4v) is 4.37. The fraction of sp³-hybridized carbons (Fsp3) is 0.400. The first kappa shape index (κ1) is 25.5. The molecular weight excluding hydrogens is 477 g/mol. The number of nitrogens with zero attached hydrogens (tertiary/aromatic N) is 2. The molecule has 0 bridgehead atoms. The van der Waals surface area contributed by atoms with Crippen LogP contribution in [0.15, 0.2) is 47.3 Å². The van der Waals surface area contributed by atoms with E-state index in [1.54, 1.807) is 24.3 Å². The predicted molar refractivity (Wildman–Crippen MR) is 128 cm³/mol. The number of nitrogens with one attached hydrogen (secondary N) is 2. The molecule has 192 valence electrons. The van der Waals surface area contributed by atoms with E-state index >= 15 is 0 Å². The molecule has 2 heterocycles. The van der Waals surface area contributed by atoms with E-state index in [0.717, 1.165) is 31.7 Å². The highest BCUT2D eigenvalue weighted by molar-refractivity contribution is 6.00. The zero-order chi connectivity index (χ0) is 25.7. The molecule has 0 saturated heterocycles. The maximum absolute atomic E-state index is 13.2. The monoisotopic (exact) mass is 504 g/mol. The number of hydrogen-bond acceptors (Lipinski definition) is 5. The Balaban J connectivity index is 1.49. The molecule has 3 aromatic rings. The van der Waals surface area contributed by atoms with E-state index in [2.05, 4.69) is 15.6 Å². The highest BCUT2D eigenvalue weighted by Crippen LogP contribution is 2.31. The summed E-state index contributed by atoms with van der Waals surface area (Å²) in [4.78, 5) is 28.4. The van der Waals surface area contributed by atoms with Crippen LogP contribution in [-0.2, 0) is 19.3 Å². The Morgan fingerprint density at radius 3 is 2.64 bits per heavy atom. The number of aromatic nitrogens is 2. The van der Waals surface area contributed by atoms with E-state index in [1.165, 1.54) is 16.7 Å². The number of aliphatic hydroxyl groups is 1. The van der Waals surface area contributed by atoms with Crippen LogP contribution in [0.4, 0.5) is 23.7 Å². The molecule has 2 aromatic heterocycles. The van der Waals surface area contributed by atoms with Crippen molar-refractivity contribution in [1.82, 2.24) is 14.9 Å². The third-order valence-electron chi connectivity index (χ3n) is 6.20. The zero-order valence-electron chi connectivity index (χ0n) is 19.5. The summed E-state index contributed by atoms with van der Waals surface area (Å²) in [6.07, 6.45) is -0.538. The number of amides is 2. The Bertz CT molecular complexity index is 1290. The number of ether oxygens (including phenoxy) is 1. The van der Waals surface area contributed by atoms with Crippen molar-refractivity contribution in [2.24, 2.45) is 5.92 Å². The highest BCUT2D eigenvalue weighted by Gasteiger charge is 2.33. The van der Waals surface area contributed by atoms with Crippen LogP contribution in [0.3, 0.4) is 0 Å². The van der Waals surface area contributed by atoms with Crippen molar-refractivity contribution in [1.29, 1.82) is 0 Å². The molecule has 0 radical (unpaired) electrons. The van der Waals surface area contributed by atoms with Gasteiger partial charge in [-0.1, -0.05) is 18.9 Å². The minimum absolute atomic E-state index is 0.100. The second-order valence-corrected chi connectivity index (χ2v) is 8.71. The van der Waals surface area contributed by atoms with E-state index in [9.17, 15) is 27.9 Å². The summed E-state index contributed by atoms with van der Waals surface area (Å²) in [7, 11) is 0. The minimum atomic E-state index is -4.61. The molecule has 0 unspecified atom stereocenters. The first-order valence-electron chi connectivity index (χ1n) is 11.7. The van der Waals surface area contributed by atoms with Crippen LogP contribution in [0, 0.1) is 5.92 Å². The van der Waals surface area contributed by atoms with Gasteiger partial charge >= 0.3 is 12.2 Å². The Hall–Kier alpha value is -3.60. The number of alkyl halides is 3. The quantitative estimate of drug-likeness (QED) is 0.424. The molecule has 3 N–H and O–H groups in total. The zero-order valence-corrected chi connectivity index (χ0v) is 19.5. The van der Waals surface area contributed by atoms with Crippen LogP contribution in [-0.4, -0.2) is 33.9 Å². The molecule has 4 rings (SSSR count). The lowest BCUT2D eigenvalue weighted by Gasteiger charge is -2.17. The number of urea groups is 1. The summed E-state index contributed by atoms with van der Waals surface area (Å²) in [5, 5.41) is 15.2. The summed E-state index contributed by atoms with van der Waals surface area (Å²) in [5.41, 5.74) is -0.0328. The molecule has 0 aliphatic heterocycles. The molecule has 1 aliphatic carbocycles. The predicted octanol–water partition coefficient (Wildman–Crippen LogP) is 4.30. The number of benzene rings is 1. The van der Waals surface area contributed by atoms with Crippen LogP contribution >= 0.6 is 0 Å². The van der Waals surface area contributed by atoms with Crippen molar-refractivity contribution in [3.8, 4) is 5.88 Å². The van der Waals surface area contributed by atoms with Gasteiger partial charge in [0, 0.05) is 30.1 Å². The molecule has 2 amide bonds. The maximum atomic E-state index is 13.2. The van der Waals surface area contributed by atoms with Crippen LogP contribution in [0.5, 0.6) is 5.88 Å². The Labute approximate surface area is 205 Å². The molecule has 1 aromatic carbocycles. The standard InChI is InChI=1S/C25H27F3N4O4/c26-25(27,28)21-10-8-17(23(31-21)36-15-16-4-1-2-5-16)14-29-24(35)30-19-6-3-7-20-18(19)9-11-22(34)32(20)12-13-33/h3,6-11,16,33H,1-2,4-5,12-15H2,(H2,29,30,35). The number of rotatable bonds is 8. The van der Waals surface area contributed by atoms with Gasteiger partial charge in [0.25, 0.3) is 5.56 Å². The molecule has 36 heavy (non-hydrogen) atoms. The van der Waals surface area contributed by atoms with Gasteiger partial charge in [-0.15, -0.1) is 0 Å². The van der Waals surface area contributed by atoms with E-state index in [4.69, 9.17) is 4.74 Å². The SMILES string of the molecule is O=C(NCc1ccc(C(F)(F)F)nc1OCC1CCCC1)Nc1cccc2c1ccc(=O)n2CCO. The van der Waals surface area contributed by atoms with Crippen LogP contribution < -0.4 is 20.9 Å². The van der Waals surface area contributed by atoms with Crippen molar-refractivity contribution in [3.63, 3.8) is 0 Å². The van der Waals surface area contributed by atoms with Gasteiger partial charge in [-0.3, -0.25) is 4.79 Å². The third-order valence-corrected chi connectivity index (χ3v) is 6.20. The summed E-state index contributed by atoms with van der Waals surface area (Å²) in [5.74, 6) is 0.134. The van der Waals surface area contributed by atoms with Gasteiger partial charge in [0.2, 0.25) is 5.88 Å². The molecular formula is C25H27F3N4O4. The van der Waals surface area contributed by atoms with Crippen LogP contribution in [0.2, 0.25) is 0 Å². The highest BCUT2D eigenvalue weighted by atomic mass is 19.4. The molecule has 1 saturated carbocycles. The summed E-state index contributed by atoms with van der Waals surface area (Å²) < 4.78 is 46.7. The van der Waals surface area contributed by atoms with Crippen molar-refractivity contribution >= 4 is 22.6 Å². The Morgan fingerprint density at radius 2 is 1.92 bits per heavy atom. The summed E-state index contributed by atoms with van der Waals surface area (Å²) in [6.45, 7) is 0.0653. The number of fused-ring (bicyclic) bond motifs is 1. The van der Waals surface area contributed by atoms with Crippen molar-refractivity contribution < 1.29 is 27.8 Å².